The summed E-state index contributed by atoms with van der Waals surface area (Å²) < 4.78 is 37.4. The second-order valence-corrected chi connectivity index (χ2v) is 7.00. The van der Waals surface area contributed by atoms with Gasteiger partial charge in [0.15, 0.2) is 0 Å². The number of rotatable bonds is 3. The Labute approximate surface area is 146 Å². The zero-order valence-electron chi connectivity index (χ0n) is 13.6. The van der Waals surface area contributed by atoms with Crippen molar-refractivity contribution in [3.63, 3.8) is 0 Å². The summed E-state index contributed by atoms with van der Waals surface area (Å²) in [5.41, 5.74) is 1.08. The monoisotopic (exact) mass is 361 g/mol. The Hall–Kier alpha value is -0.980. The topological polar surface area (TPSA) is 9.72 Å². The molecule has 7 heteroatoms. The number of halogens is 4. The average molecular weight is 362 g/mol. The van der Waals surface area contributed by atoms with Gasteiger partial charge in [0, 0.05) is 45.3 Å². The molecule has 0 N–H and O–H groups in total. The van der Waals surface area contributed by atoms with Crippen LogP contribution in [-0.4, -0.2) is 67.8 Å². The fourth-order valence-electron chi connectivity index (χ4n) is 3.72. The van der Waals surface area contributed by atoms with Crippen molar-refractivity contribution in [3.8, 4) is 0 Å². The van der Waals surface area contributed by atoms with Gasteiger partial charge in [-0.2, -0.15) is 13.2 Å². The molecule has 0 spiro atoms. The van der Waals surface area contributed by atoms with Crippen LogP contribution < -0.4 is 4.90 Å². The van der Waals surface area contributed by atoms with E-state index < -0.39 is 12.7 Å². The molecule has 2 fully saturated rings. The first-order valence-corrected chi connectivity index (χ1v) is 8.83. The van der Waals surface area contributed by atoms with Gasteiger partial charge in [0.05, 0.1) is 17.3 Å². The average Bonchev–Trinajstić information content (AvgIpc) is 2.55. The number of para-hydroxylation sites is 1. The van der Waals surface area contributed by atoms with Crippen LogP contribution in [0.5, 0.6) is 0 Å². The van der Waals surface area contributed by atoms with Gasteiger partial charge in [0.1, 0.15) is 0 Å². The third-order valence-electron chi connectivity index (χ3n) is 4.98. The number of piperidine rings is 1. The Balaban J connectivity index is 1.47. The Kier molecular flexibility index (Phi) is 5.57. The van der Waals surface area contributed by atoms with E-state index in [2.05, 4.69) is 9.80 Å². The van der Waals surface area contributed by atoms with Gasteiger partial charge in [-0.1, -0.05) is 23.7 Å². The van der Waals surface area contributed by atoms with Gasteiger partial charge in [0.25, 0.3) is 0 Å². The number of hydrogen-bond donors (Lipinski definition) is 0. The summed E-state index contributed by atoms with van der Waals surface area (Å²) in [6.45, 7) is 3.56. The number of anilines is 1. The molecule has 24 heavy (non-hydrogen) atoms. The molecule has 2 aliphatic rings. The fourth-order valence-corrected chi connectivity index (χ4v) is 3.98. The van der Waals surface area contributed by atoms with Crippen LogP contribution in [0, 0.1) is 0 Å². The lowest BCUT2D eigenvalue weighted by atomic mass is 10.0. The molecule has 2 heterocycles. The van der Waals surface area contributed by atoms with Gasteiger partial charge < -0.3 is 4.90 Å². The first-order chi connectivity index (χ1) is 11.4. The molecule has 0 aliphatic carbocycles. The number of nitrogens with zero attached hydrogens (tertiary/aromatic N) is 3. The Bertz CT molecular complexity index is 536. The van der Waals surface area contributed by atoms with Crippen molar-refractivity contribution >= 4 is 17.3 Å². The Morgan fingerprint density at radius 1 is 0.958 bits per heavy atom. The minimum absolute atomic E-state index is 0.469. The Morgan fingerprint density at radius 3 is 2.17 bits per heavy atom. The van der Waals surface area contributed by atoms with Gasteiger partial charge >= 0.3 is 6.18 Å². The Morgan fingerprint density at radius 2 is 1.58 bits per heavy atom. The van der Waals surface area contributed by atoms with E-state index in [0.717, 1.165) is 49.7 Å². The maximum Gasteiger partial charge on any atom is 0.401 e. The van der Waals surface area contributed by atoms with Crippen LogP contribution in [0.2, 0.25) is 5.02 Å². The summed E-state index contributed by atoms with van der Waals surface area (Å²) in [4.78, 5) is 6.17. The minimum Gasteiger partial charge on any atom is -0.370 e. The summed E-state index contributed by atoms with van der Waals surface area (Å²) in [5, 5.41) is 0.775. The highest BCUT2D eigenvalue weighted by atomic mass is 35.5. The minimum atomic E-state index is -4.09. The molecule has 3 rings (SSSR count). The van der Waals surface area contributed by atoms with Crippen molar-refractivity contribution in [1.82, 2.24) is 9.80 Å². The summed E-state index contributed by atoms with van der Waals surface area (Å²) in [6.07, 6.45) is -2.03. The highest BCUT2D eigenvalue weighted by Gasteiger charge is 2.34. The van der Waals surface area contributed by atoms with Crippen LogP contribution in [0.15, 0.2) is 24.3 Å². The second kappa shape index (κ2) is 7.50. The van der Waals surface area contributed by atoms with Crippen LogP contribution in [0.25, 0.3) is 0 Å². The van der Waals surface area contributed by atoms with E-state index in [0.29, 0.717) is 19.1 Å². The van der Waals surface area contributed by atoms with Crippen LogP contribution in [0.1, 0.15) is 12.8 Å². The normalized spacial score (nSPS) is 22.1. The number of benzene rings is 1. The maximum absolute atomic E-state index is 12.5. The van der Waals surface area contributed by atoms with Crippen molar-refractivity contribution in [3.05, 3.63) is 29.3 Å². The molecule has 2 saturated heterocycles. The van der Waals surface area contributed by atoms with Crippen LogP contribution >= 0.6 is 11.6 Å². The van der Waals surface area contributed by atoms with Crippen LogP contribution in [0.3, 0.4) is 0 Å². The first-order valence-electron chi connectivity index (χ1n) is 8.45. The summed E-state index contributed by atoms with van der Waals surface area (Å²) in [5.74, 6) is 0. The third kappa shape index (κ3) is 4.55. The summed E-state index contributed by atoms with van der Waals surface area (Å²) >= 11 is 6.26. The van der Waals surface area contributed by atoms with E-state index in [4.69, 9.17) is 11.6 Å². The highest BCUT2D eigenvalue weighted by Crippen LogP contribution is 2.29. The molecule has 0 bridgehead atoms. The predicted molar refractivity (Wildman–Crippen MR) is 90.8 cm³/mol. The maximum atomic E-state index is 12.5. The molecule has 0 amide bonds. The molecule has 0 atom stereocenters. The van der Waals surface area contributed by atoms with Crippen molar-refractivity contribution < 1.29 is 13.2 Å². The van der Waals surface area contributed by atoms with Gasteiger partial charge in [-0.15, -0.1) is 0 Å². The van der Waals surface area contributed by atoms with E-state index in [-0.39, 0.29) is 0 Å². The fraction of sp³-hybridized carbons (Fsp3) is 0.647. The molecule has 0 unspecified atom stereocenters. The third-order valence-corrected chi connectivity index (χ3v) is 5.30. The van der Waals surface area contributed by atoms with E-state index in [1.54, 1.807) is 0 Å². The van der Waals surface area contributed by atoms with E-state index >= 15 is 0 Å². The van der Waals surface area contributed by atoms with E-state index in [9.17, 15) is 13.2 Å². The van der Waals surface area contributed by atoms with Gasteiger partial charge in [0.2, 0.25) is 0 Å². The summed E-state index contributed by atoms with van der Waals surface area (Å²) in [6, 6.07) is 8.34. The molecule has 0 aromatic heterocycles. The van der Waals surface area contributed by atoms with Gasteiger partial charge in [-0.05, 0) is 25.0 Å². The van der Waals surface area contributed by atoms with Gasteiger partial charge in [-0.25, -0.2) is 0 Å². The quantitative estimate of drug-likeness (QED) is 0.816. The zero-order chi connectivity index (χ0) is 17.2. The smallest absolute Gasteiger partial charge is 0.370 e. The second-order valence-electron chi connectivity index (χ2n) is 6.60. The molecule has 0 saturated carbocycles. The molecular formula is C17H23ClF3N3. The molecule has 0 radical (unpaired) electrons. The van der Waals surface area contributed by atoms with Crippen molar-refractivity contribution in [2.24, 2.45) is 0 Å². The first kappa shape index (κ1) is 17.8. The predicted octanol–water partition coefficient (Wildman–Crippen LogP) is 3.49. The number of alkyl halides is 3. The molecule has 1 aromatic carbocycles. The summed E-state index contributed by atoms with van der Waals surface area (Å²) in [7, 11) is 0. The highest BCUT2D eigenvalue weighted by molar-refractivity contribution is 6.33. The molecular weight excluding hydrogens is 339 g/mol. The lowest BCUT2D eigenvalue weighted by molar-refractivity contribution is -0.150. The lowest BCUT2D eigenvalue weighted by Gasteiger charge is -2.43. The molecule has 3 nitrogen and oxygen atoms in total. The molecule has 1 aromatic rings. The standard InChI is InChI=1S/C17H23ClF3N3/c18-15-3-1-2-4-16(15)24-7-5-14(6-8-24)23-11-9-22(10-12-23)13-17(19,20)21/h1-4,14H,5-13H2. The molecule has 2 aliphatic heterocycles. The largest absolute Gasteiger partial charge is 0.401 e. The van der Waals surface area contributed by atoms with Crippen LogP contribution in [-0.2, 0) is 0 Å². The zero-order valence-corrected chi connectivity index (χ0v) is 14.4. The van der Waals surface area contributed by atoms with Gasteiger partial charge in [-0.3, -0.25) is 9.80 Å². The van der Waals surface area contributed by atoms with Crippen molar-refractivity contribution in [1.29, 1.82) is 0 Å². The number of hydrogen-bond acceptors (Lipinski definition) is 3. The molecule has 134 valence electrons. The van der Waals surface area contributed by atoms with Crippen LogP contribution in [0.4, 0.5) is 18.9 Å². The SMILES string of the molecule is FC(F)(F)CN1CCN(C2CCN(c3ccccc3Cl)CC2)CC1. The van der Waals surface area contributed by atoms with E-state index in [1.807, 2.05) is 24.3 Å². The van der Waals surface area contributed by atoms with Crippen molar-refractivity contribution in [2.75, 3.05) is 50.7 Å². The number of piperazine rings is 1. The van der Waals surface area contributed by atoms with Crippen molar-refractivity contribution in [2.45, 2.75) is 25.1 Å². The lowest BCUT2D eigenvalue weighted by Crippen LogP contribution is -2.54. The van der Waals surface area contributed by atoms with E-state index in [1.165, 1.54) is 4.90 Å².